The fourth-order valence-corrected chi connectivity index (χ4v) is 5.64. The average Bonchev–Trinajstić information content (AvgIpc) is 3.44. The Hall–Kier alpha value is -4.76. The van der Waals surface area contributed by atoms with Crippen molar-refractivity contribution in [2.24, 2.45) is 0 Å². The first kappa shape index (κ1) is 28.8. The van der Waals surface area contributed by atoms with Crippen LogP contribution in [0, 0.1) is 17.0 Å². The summed E-state index contributed by atoms with van der Waals surface area (Å²) in [7, 11) is 0. The molecule has 42 heavy (non-hydrogen) atoms. The molecule has 0 aliphatic rings. The van der Waals surface area contributed by atoms with Crippen LogP contribution >= 0.6 is 11.8 Å². The summed E-state index contributed by atoms with van der Waals surface area (Å²) in [6.45, 7) is 2.06. The number of nitro groups is 1. The topological polar surface area (TPSA) is 103 Å². The number of aryl methyl sites for hydroxylation is 2. The highest BCUT2D eigenvalue weighted by Gasteiger charge is 2.25. The van der Waals surface area contributed by atoms with E-state index < -0.39 is 11.0 Å². The Morgan fingerprint density at radius 1 is 0.881 bits per heavy atom. The first-order valence-corrected chi connectivity index (χ1v) is 14.7. The number of carbonyl (C=O) groups excluding carboxylic acids is 1. The van der Waals surface area contributed by atoms with Gasteiger partial charge in [0.25, 0.3) is 5.69 Å². The number of nitrogens with zero attached hydrogens (tertiary/aromatic N) is 4. The Balaban J connectivity index is 1.48. The van der Waals surface area contributed by atoms with Gasteiger partial charge in [0.1, 0.15) is 0 Å². The first-order valence-electron chi connectivity index (χ1n) is 13.7. The molecule has 0 radical (unpaired) electrons. The molecule has 0 aliphatic heterocycles. The zero-order valence-electron chi connectivity index (χ0n) is 23.2. The van der Waals surface area contributed by atoms with Crippen LogP contribution in [0.25, 0.3) is 5.69 Å². The van der Waals surface area contributed by atoms with Gasteiger partial charge in [0.05, 0.1) is 11.0 Å². The third kappa shape index (κ3) is 7.50. The van der Waals surface area contributed by atoms with Crippen LogP contribution < -0.4 is 5.32 Å². The number of amides is 1. The van der Waals surface area contributed by atoms with E-state index in [1.54, 1.807) is 12.1 Å². The van der Waals surface area contributed by atoms with Crippen molar-refractivity contribution in [2.75, 3.05) is 0 Å². The lowest BCUT2D eigenvalue weighted by molar-refractivity contribution is -0.384. The van der Waals surface area contributed by atoms with Gasteiger partial charge in [0, 0.05) is 30.0 Å². The summed E-state index contributed by atoms with van der Waals surface area (Å²) in [5, 5.41) is 24.3. The summed E-state index contributed by atoms with van der Waals surface area (Å²) in [6, 6.07) is 34.0. The highest BCUT2D eigenvalue weighted by molar-refractivity contribution is 7.98. The van der Waals surface area contributed by atoms with Crippen molar-refractivity contribution in [1.29, 1.82) is 0 Å². The van der Waals surface area contributed by atoms with Crippen LogP contribution in [-0.4, -0.2) is 25.6 Å². The number of benzene rings is 4. The van der Waals surface area contributed by atoms with Crippen LogP contribution in [-0.2, 0) is 23.4 Å². The van der Waals surface area contributed by atoms with E-state index in [-0.39, 0.29) is 11.6 Å². The SMILES string of the molecule is Cc1cccc(CSc2nnc(C(Cc3ccccc3)NC(=O)CCc3ccccc3)n2-c2ccc([N+](=O)[O-])cc2)c1. The van der Waals surface area contributed by atoms with Gasteiger partial charge in [0.2, 0.25) is 5.91 Å². The van der Waals surface area contributed by atoms with Crippen molar-refractivity contribution in [1.82, 2.24) is 20.1 Å². The second-order valence-electron chi connectivity index (χ2n) is 10.0. The van der Waals surface area contributed by atoms with Gasteiger partial charge in [-0.05, 0) is 48.6 Å². The molecular weight excluding hydrogens is 546 g/mol. The maximum atomic E-state index is 13.3. The summed E-state index contributed by atoms with van der Waals surface area (Å²) in [5.74, 6) is 1.14. The van der Waals surface area contributed by atoms with Gasteiger partial charge in [-0.15, -0.1) is 10.2 Å². The van der Waals surface area contributed by atoms with E-state index in [9.17, 15) is 14.9 Å². The molecule has 0 saturated carbocycles. The molecule has 1 amide bonds. The van der Waals surface area contributed by atoms with Crippen LogP contribution in [0.2, 0.25) is 0 Å². The molecule has 0 aliphatic carbocycles. The molecular formula is C33H31N5O3S. The predicted octanol–water partition coefficient (Wildman–Crippen LogP) is 6.81. The van der Waals surface area contributed by atoms with Crippen molar-refractivity contribution in [3.8, 4) is 5.69 Å². The highest BCUT2D eigenvalue weighted by atomic mass is 32.2. The van der Waals surface area contributed by atoms with Crippen LogP contribution in [0.5, 0.6) is 0 Å². The quantitative estimate of drug-likeness (QED) is 0.0993. The van der Waals surface area contributed by atoms with Crippen molar-refractivity contribution < 1.29 is 9.72 Å². The Morgan fingerprint density at radius 3 is 2.21 bits per heavy atom. The molecule has 0 bridgehead atoms. The van der Waals surface area contributed by atoms with Crippen molar-refractivity contribution in [3.05, 3.63) is 147 Å². The molecule has 0 saturated heterocycles. The largest absolute Gasteiger partial charge is 0.346 e. The fraction of sp³-hybridized carbons (Fsp3) is 0.182. The minimum absolute atomic E-state index is 0.00242. The first-order chi connectivity index (χ1) is 20.5. The number of carbonyl (C=O) groups is 1. The van der Waals surface area contributed by atoms with Crippen LogP contribution in [0.4, 0.5) is 5.69 Å². The number of thioether (sulfide) groups is 1. The van der Waals surface area contributed by atoms with Gasteiger partial charge >= 0.3 is 0 Å². The standard InChI is InChI=1S/C33H31N5O3S/c1-24-9-8-14-27(21-24)23-42-33-36-35-32(37(33)28-16-18-29(19-17-28)38(40)41)30(22-26-12-6-3-7-13-26)34-31(39)20-15-25-10-4-2-5-11-25/h2-14,16-19,21,30H,15,20,22-23H2,1H3,(H,34,39). The molecule has 212 valence electrons. The predicted molar refractivity (Wildman–Crippen MR) is 165 cm³/mol. The smallest absolute Gasteiger partial charge is 0.269 e. The number of hydrogen-bond donors (Lipinski definition) is 1. The molecule has 1 aromatic heterocycles. The monoisotopic (exact) mass is 577 g/mol. The summed E-state index contributed by atoms with van der Waals surface area (Å²) in [6.07, 6.45) is 1.46. The average molecular weight is 578 g/mol. The van der Waals surface area contributed by atoms with Crippen LogP contribution in [0.1, 0.15) is 40.5 Å². The minimum atomic E-state index is -0.480. The van der Waals surface area contributed by atoms with Crippen molar-refractivity contribution in [3.63, 3.8) is 0 Å². The van der Waals surface area contributed by atoms with E-state index in [1.807, 2.05) is 71.3 Å². The number of hydrogen-bond acceptors (Lipinski definition) is 6. The van der Waals surface area contributed by atoms with E-state index in [1.165, 1.54) is 29.5 Å². The fourth-order valence-electron chi connectivity index (χ4n) is 4.74. The van der Waals surface area contributed by atoms with Crippen LogP contribution in [0.3, 0.4) is 0 Å². The van der Waals surface area contributed by atoms with Crippen LogP contribution in [0.15, 0.2) is 114 Å². The third-order valence-electron chi connectivity index (χ3n) is 6.84. The van der Waals surface area contributed by atoms with E-state index in [0.29, 0.717) is 41.7 Å². The Morgan fingerprint density at radius 2 is 1.55 bits per heavy atom. The molecule has 5 rings (SSSR count). The molecule has 1 atom stereocenters. The molecule has 4 aromatic carbocycles. The molecule has 1 heterocycles. The normalized spacial score (nSPS) is 11.6. The number of nitrogens with one attached hydrogen (secondary N) is 1. The molecule has 1 N–H and O–H groups in total. The molecule has 0 spiro atoms. The van der Waals surface area contributed by atoms with Gasteiger partial charge < -0.3 is 5.32 Å². The number of nitro benzene ring substituents is 1. The van der Waals surface area contributed by atoms with Gasteiger partial charge in [-0.3, -0.25) is 19.5 Å². The summed E-state index contributed by atoms with van der Waals surface area (Å²) in [5.41, 5.74) is 5.14. The van der Waals surface area contributed by atoms with E-state index in [2.05, 4.69) is 40.6 Å². The number of rotatable bonds is 12. The lowest BCUT2D eigenvalue weighted by Crippen LogP contribution is -2.32. The Kier molecular flexibility index (Phi) is 9.41. The second-order valence-corrected chi connectivity index (χ2v) is 11.0. The van der Waals surface area contributed by atoms with E-state index >= 15 is 0 Å². The van der Waals surface area contributed by atoms with Gasteiger partial charge in [-0.2, -0.15) is 0 Å². The second kappa shape index (κ2) is 13.7. The molecule has 5 aromatic rings. The molecule has 1 unspecified atom stereocenters. The highest BCUT2D eigenvalue weighted by Crippen LogP contribution is 2.30. The molecule has 9 heteroatoms. The lowest BCUT2D eigenvalue weighted by atomic mass is 10.0. The van der Waals surface area contributed by atoms with E-state index in [4.69, 9.17) is 0 Å². The zero-order valence-corrected chi connectivity index (χ0v) is 24.0. The van der Waals surface area contributed by atoms with Gasteiger partial charge in [-0.1, -0.05) is 102 Å². The number of non-ortho nitro benzene ring substituents is 1. The third-order valence-corrected chi connectivity index (χ3v) is 7.84. The lowest BCUT2D eigenvalue weighted by Gasteiger charge is -2.20. The van der Waals surface area contributed by atoms with Gasteiger partial charge in [0.15, 0.2) is 11.0 Å². The number of aromatic nitrogens is 3. The van der Waals surface area contributed by atoms with E-state index in [0.717, 1.165) is 16.7 Å². The summed E-state index contributed by atoms with van der Waals surface area (Å²) in [4.78, 5) is 24.2. The Bertz CT molecular complexity index is 1640. The van der Waals surface area contributed by atoms with Crippen molar-refractivity contribution >= 4 is 23.4 Å². The van der Waals surface area contributed by atoms with Crippen molar-refractivity contribution in [2.45, 2.75) is 43.1 Å². The Labute approximate surface area is 249 Å². The molecule has 0 fully saturated rings. The summed E-state index contributed by atoms with van der Waals surface area (Å²) >= 11 is 1.53. The van der Waals surface area contributed by atoms with Gasteiger partial charge in [-0.25, -0.2) is 0 Å². The maximum absolute atomic E-state index is 13.3. The minimum Gasteiger partial charge on any atom is -0.346 e. The zero-order chi connectivity index (χ0) is 29.3. The maximum Gasteiger partial charge on any atom is 0.269 e. The molecule has 8 nitrogen and oxygen atoms in total. The summed E-state index contributed by atoms with van der Waals surface area (Å²) < 4.78 is 1.90.